The molecule has 2 rings (SSSR count). The Morgan fingerprint density at radius 2 is 2.10 bits per heavy atom. The van der Waals surface area contributed by atoms with Gasteiger partial charge in [0.05, 0.1) is 12.3 Å². The first-order valence-electron chi connectivity index (χ1n) is 6.68. The first-order valence-corrected chi connectivity index (χ1v) is 8.16. The highest BCUT2D eigenvalue weighted by Crippen LogP contribution is 2.28. The molecular weight excluding hydrogens is 278 g/mol. The average Bonchev–Trinajstić information content (AvgIpc) is 2.40. The number of anilines is 1. The average molecular weight is 297 g/mol. The van der Waals surface area contributed by atoms with E-state index in [-0.39, 0.29) is 10.9 Å². The molecule has 20 heavy (non-hydrogen) atoms. The van der Waals surface area contributed by atoms with E-state index < -0.39 is 10.0 Å². The Balaban J connectivity index is 2.29. The molecule has 0 spiro atoms. The predicted octanol–water partition coefficient (Wildman–Crippen LogP) is 1.95. The highest BCUT2D eigenvalue weighted by Gasteiger charge is 2.26. The van der Waals surface area contributed by atoms with Gasteiger partial charge in [0.2, 0.25) is 5.96 Å². The third-order valence-corrected chi connectivity index (χ3v) is 4.20. The molecule has 1 aromatic carbocycles. The van der Waals surface area contributed by atoms with Gasteiger partial charge in [-0.3, -0.25) is 4.99 Å². The second kappa shape index (κ2) is 6.13. The van der Waals surface area contributed by atoms with Crippen LogP contribution in [0.1, 0.15) is 26.7 Å². The van der Waals surface area contributed by atoms with Crippen molar-refractivity contribution in [2.75, 3.05) is 18.5 Å². The summed E-state index contributed by atoms with van der Waals surface area (Å²) in [5.41, 5.74) is 0.516. The number of hydrogen-bond donors (Lipinski definition) is 2. The van der Waals surface area contributed by atoms with Crippen LogP contribution in [0.15, 0.2) is 28.1 Å². The summed E-state index contributed by atoms with van der Waals surface area (Å²) in [4.78, 5) is 4.39. The van der Waals surface area contributed by atoms with Gasteiger partial charge in [0.1, 0.15) is 10.6 Å². The summed E-state index contributed by atoms with van der Waals surface area (Å²) in [6.07, 6.45) is 1.93. The number of nitrogens with one attached hydrogen (secondary N) is 2. The Bertz CT molecular complexity index is 611. The van der Waals surface area contributed by atoms with Crippen LogP contribution >= 0.6 is 0 Å². The molecule has 1 heterocycles. The molecule has 1 aromatic rings. The standard InChI is InChI=1S/C13H19N3O3S/c1-3-5-8-14-13-15-11-7-6-10(19-4-2)9-12(11)20(17,18)16-13/h6-7,9H,3-5,8H2,1-2H3,(H2,14,15,16). The van der Waals surface area contributed by atoms with E-state index >= 15 is 0 Å². The van der Waals surface area contributed by atoms with Crippen molar-refractivity contribution in [2.45, 2.75) is 31.6 Å². The molecule has 7 heteroatoms. The largest absolute Gasteiger partial charge is 0.494 e. The highest BCUT2D eigenvalue weighted by molar-refractivity contribution is 7.90. The van der Waals surface area contributed by atoms with Crippen molar-refractivity contribution in [3.63, 3.8) is 0 Å². The predicted molar refractivity (Wildman–Crippen MR) is 78.8 cm³/mol. The van der Waals surface area contributed by atoms with E-state index in [9.17, 15) is 8.42 Å². The summed E-state index contributed by atoms with van der Waals surface area (Å²) in [6.45, 7) is 4.99. The van der Waals surface area contributed by atoms with Crippen LogP contribution in [0.3, 0.4) is 0 Å². The second-order valence-electron chi connectivity index (χ2n) is 4.41. The van der Waals surface area contributed by atoms with Crippen molar-refractivity contribution >= 4 is 21.7 Å². The Morgan fingerprint density at radius 1 is 1.30 bits per heavy atom. The molecule has 0 unspecified atom stereocenters. The summed E-state index contributed by atoms with van der Waals surface area (Å²) in [5, 5.41) is 2.98. The van der Waals surface area contributed by atoms with Gasteiger partial charge in [0.25, 0.3) is 10.0 Å². The molecule has 0 aliphatic carbocycles. The number of guanidine groups is 1. The normalized spacial score (nSPS) is 18.0. The molecule has 0 atom stereocenters. The summed E-state index contributed by atoms with van der Waals surface area (Å²) in [5.74, 6) is 0.805. The number of fused-ring (bicyclic) bond motifs is 1. The second-order valence-corrected chi connectivity index (χ2v) is 6.06. The summed E-state index contributed by atoms with van der Waals surface area (Å²) in [6, 6.07) is 4.94. The molecule has 0 fully saturated rings. The molecule has 0 saturated heterocycles. The van der Waals surface area contributed by atoms with Crippen molar-refractivity contribution in [3.05, 3.63) is 18.2 Å². The molecule has 0 bridgehead atoms. The van der Waals surface area contributed by atoms with Crippen LogP contribution in [0.4, 0.5) is 5.69 Å². The van der Waals surface area contributed by atoms with E-state index in [4.69, 9.17) is 4.74 Å². The number of rotatable bonds is 5. The van der Waals surface area contributed by atoms with Crippen molar-refractivity contribution in [1.82, 2.24) is 4.72 Å². The van der Waals surface area contributed by atoms with Crippen molar-refractivity contribution in [3.8, 4) is 5.75 Å². The van der Waals surface area contributed by atoms with Crippen LogP contribution in [0.5, 0.6) is 5.75 Å². The number of unbranched alkanes of at least 4 members (excludes halogenated alkanes) is 1. The van der Waals surface area contributed by atoms with Gasteiger partial charge in [-0.05, 0) is 25.5 Å². The first-order chi connectivity index (χ1) is 9.56. The van der Waals surface area contributed by atoms with E-state index in [0.717, 1.165) is 12.8 Å². The molecule has 1 aliphatic rings. The molecule has 1 aliphatic heterocycles. The number of benzene rings is 1. The lowest BCUT2D eigenvalue weighted by Crippen LogP contribution is -2.40. The number of ether oxygens (including phenoxy) is 1. The lowest BCUT2D eigenvalue weighted by atomic mass is 10.3. The number of aliphatic imine (C=N–C) groups is 1. The molecule has 2 N–H and O–H groups in total. The quantitative estimate of drug-likeness (QED) is 0.814. The minimum absolute atomic E-state index is 0.179. The van der Waals surface area contributed by atoms with E-state index in [0.29, 0.717) is 24.6 Å². The molecule has 0 aromatic heterocycles. The molecule has 0 saturated carbocycles. The van der Waals surface area contributed by atoms with Gasteiger partial charge in [-0.15, -0.1) is 0 Å². The summed E-state index contributed by atoms with van der Waals surface area (Å²) < 4.78 is 32.1. The van der Waals surface area contributed by atoms with Crippen molar-refractivity contribution in [1.29, 1.82) is 0 Å². The number of hydrogen-bond acceptors (Lipinski definition) is 4. The topological polar surface area (TPSA) is 79.8 Å². The zero-order chi connectivity index (χ0) is 14.6. The van der Waals surface area contributed by atoms with E-state index in [2.05, 4.69) is 22.0 Å². The first kappa shape index (κ1) is 14.6. The Morgan fingerprint density at radius 3 is 2.80 bits per heavy atom. The van der Waals surface area contributed by atoms with E-state index in [1.54, 1.807) is 12.1 Å². The van der Waals surface area contributed by atoms with Crippen LogP contribution in [0.25, 0.3) is 0 Å². The number of sulfonamides is 1. The van der Waals surface area contributed by atoms with E-state index in [1.807, 2.05) is 6.92 Å². The minimum Gasteiger partial charge on any atom is -0.494 e. The molecule has 110 valence electrons. The van der Waals surface area contributed by atoms with Gasteiger partial charge in [-0.1, -0.05) is 13.3 Å². The Kier molecular flexibility index (Phi) is 4.49. The van der Waals surface area contributed by atoms with Crippen LogP contribution in [-0.2, 0) is 10.0 Å². The third-order valence-electron chi connectivity index (χ3n) is 2.82. The highest BCUT2D eigenvalue weighted by atomic mass is 32.2. The smallest absolute Gasteiger partial charge is 0.266 e. The fourth-order valence-corrected chi connectivity index (χ4v) is 3.00. The fraction of sp³-hybridized carbons (Fsp3) is 0.462. The third kappa shape index (κ3) is 3.22. The molecular formula is C13H19N3O3S. The minimum atomic E-state index is -3.59. The van der Waals surface area contributed by atoms with Gasteiger partial charge in [0, 0.05) is 12.6 Å². The SMILES string of the molecule is CCCCN=C1Nc2ccc(OCC)cc2S(=O)(=O)N1. The molecule has 0 amide bonds. The fourth-order valence-electron chi connectivity index (χ4n) is 1.84. The summed E-state index contributed by atoms with van der Waals surface area (Å²) >= 11 is 0. The van der Waals surface area contributed by atoms with Crippen LogP contribution in [0.2, 0.25) is 0 Å². The van der Waals surface area contributed by atoms with Gasteiger partial charge in [0.15, 0.2) is 0 Å². The maximum atomic E-state index is 12.2. The zero-order valence-electron chi connectivity index (χ0n) is 11.6. The van der Waals surface area contributed by atoms with E-state index in [1.165, 1.54) is 6.07 Å². The maximum absolute atomic E-state index is 12.2. The van der Waals surface area contributed by atoms with Gasteiger partial charge in [-0.25, -0.2) is 13.1 Å². The monoisotopic (exact) mass is 297 g/mol. The molecule has 0 radical (unpaired) electrons. The Labute approximate surface area is 119 Å². The maximum Gasteiger partial charge on any atom is 0.266 e. The van der Waals surface area contributed by atoms with Crippen LogP contribution in [0, 0.1) is 0 Å². The lowest BCUT2D eigenvalue weighted by molar-refractivity contribution is 0.339. The van der Waals surface area contributed by atoms with Gasteiger partial charge >= 0.3 is 0 Å². The number of nitrogens with zero attached hydrogens (tertiary/aromatic N) is 1. The van der Waals surface area contributed by atoms with Crippen LogP contribution < -0.4 is 14.8 Å². The lowest BCUT2D eigenvalue weighted by Gasteiger charge is -2.22. The van der Waals surface area contributed by atoms with Crippen molar-refractivity contribution < 1.29 is 13.2 Å². The zero-order valence-corrected chi connectivity index (χ0v) is 12.5. The summed E-state index contributed by atoms with van der Waals surface area (Å²) in [7, 11) is -3.59. The Hall–Kier alpha value is -1.76. The van der Waals surface area contributed by atoms with Crippen molar-refractivity contribution in [2.24, 2.45) is 4.99 Å². The molecule has 6 nitrogen and oxygen atoms in total. The van der Waals surface area contributed by atoms with Gasteiger partial charge in [-0.2, -0.15) is 0 Å². The van der Waals surface area contributed by atoms with Gasteiger partial charge < -0.3 is 10.1 Å². The van der Waals surface area contributed by atoms with Crippen LogP contribution in [-0.4, -0.2) is 27.5 Å².